The first-order chi connectivity index (χ1) is 9.10. The summed E-state index contributed by atoms with van der Waals surface area (Å²) in [6, 6.07) is 0.591. The first-order valence-electron chi connectivity index (χ1n) is 6.84. The van der Waals surface area contributed by atoms with E-state index in [4.69, 9.17) is 0 Å². The molecule has 1 aromatic heterocycles. The second-order valence-corrected chi connectivity index (χ2v) is 6.24. The molecule has 1 aromatic rings. The van der Waals surface area contributed by atoms with E-state index in [1.54, 1.807) is 11.3 Å². The van der Waals surface area contributed by atoms with E-state index < -0.39 is 0 Å². The maximum absolute atomic E-state index is 11.2. The van der Waals surface area contributed by atoms with Crippen LogP contribution in [0.5, 0.6) is 0 Å². The predicted octanol–water partition coefficient (Wildman–Crippen LogP) is 2.87. The third-order valence-electron chi connectivity index (χ3n) is 3.93. The van der Waals surface area contributed by atoms with E-state index in [-0.39, 0.29) is 12.4 Å². The van der Waals surface area contributed by atoms with Crippen LogP contribution in [-0.2, 0) is 16.0 Å². The van der Waals surface area contributed by atoms with Crippen LogP contribution in [0.3, 0.4) is 0 Å². The summed E-state index contributed by atoms with van der Waals surface area (Å²) in [6.07, 6.45) is 5.35. The van der Waals surface area contributed by atoms with Crippen molar-refractivity contribution in [1.82, 2.24) is 4.98 Å². The lowest BCUT2D eigenvalue weighted by atomic mass is 9.87. The van der Waals surface area contributed by atoms with Crippen LogP contribution < -0.4 is 4.90 Å². The molecule has 5 heteroatoms. The summed E-state index contributed by atoms with van der Waals surface area (Å²) < 4.78 is 4.66. The van der Waals surface area contributed by atoms with Crippen molar-refractivity contribution in [1.29, 1.82) is 0 Å². The Bertz CT molecular complexity index is 425. The second kappa shape index (κ2) is 6.37. The zero-order valence-electron chi connectivity index (χ0n) is 11.9. The molecule has 0 amide bonds. The number of rotatable bonds is 4. The Balaban J connectivity index is 1.95. The van der Waals surface area contributed by atoms with Crippen molar-refractivity contribution in [2.45, 2.75) is 45.1 Å². The maximum atomic E-state index is 11.2. The van der Waals surface area contributed by atoms with E-state index >= 15 is 0 Å². The quantitative estimate of drug-likeness (QED) is 0.796. The lowest BCUT2D eigenvalue weighted by Gasteiger charge is -2.33. The van der Waals surface area contributed by atoms with E-state index in [1.165, 1.54) is 32.8 Å². The van der Waals surface area contributed by atoms with E-state index in [2.05, 4.69) is 28.6 Å². The van der Waals surface area contributed by atoms with Crippen LogP contribution in [0.25, 0.3) is 0 Å². The molecule has 1 heterocycles. The van der Waals surface area contributed by atoms with Gasteiger partial charge < -0.3 is 9.64 Å². The van der Waals surface area contributed by atoms with Gasteiger partial charge in [0.25, 0.3) is 0 Å². The summed E-state index contributed by atoms with van der Waals surface area (Å²) in [6.45, 7) is 2.33. The molecule has 0 unspecified atom stereocenters. The Hall–Kier alpha value is -1.10. The zero-order chi connectivity index (χ0) is 13.8. The van der Waals surface area contributed by atoms with Gasteiger partial charge in [0, 0.05) is 18.5 Å². The van der Waals surface area contributed by atoms with E-state index in [9.17, 15) is 4.79 Å². The minimum absolute atomic E-state index is 0.231. The Labute approximate surface area is 118 Å². The van der Waals surface area contributed by atoms with E-state index in [0.29, 0.717) is 6.04 Å². The first kappa shape index (κ1) is 14.3. The van der Waals surface area contributed by atoms with Gasteiger partial charge in [-0.1, -0.05) is 6.92 Å². The molecule has 0 aromatic carbocycles. The molecule has 0 aliphatic heterocycles. The number of carbonyl (C=O) groups excluding carboxylic acids is 1. The van der Waals surface area contributed by atoms with Gasteiger partial charge in [0.1, 0.15) is 0 Å². The van der Waals surface area contributed by atoms with Crippen molar-refractivity contribution in [2.75, 3.05) is 19.1 Å². The monoisotopic (exact) mass is 282 g/mol. The fourth-order valence-corrected chi connectivity index (χ4v) is 3.41. The normalized spacial score (nSPS) is 23.1. The number of nitrogens with zero attached hydrogens (tertiary/aromatic N) is 2. The van der Waals surface area contributed by atoms with Crippen LogP contribution in [0.4, 0.5) is 5.13 Å². The van der Waals surface area contributed by atoms with Gasteiger partial charge >= 0.3 is 5.97 Å². The molecule has 0 saturated heterocycles. The van der Waals surface area contributed by atoms with Gasteiger partial charge in [0.15, 0.2) is 5.13 Å². The third-order valence-corrected chi connectivity index (χ3v) is 4.91. The molecule has 0 N–H and O–H groups in total. The number of methoxy groups -OCH3 is 1. The van der Waals surface area contributed by atoms with Gasteiger partial charge in [-0.2, -0.15) is 0 Å². The topological polar surface area (TPSA) is 42.4 Å². The fraction of sp³-hybridized carbons (Fsp3) is 0.714. The van der Waals surface area contributed by atoms with Crippen LogP contribution in [0.15, 0.2) is 5.38 Å². The Morgan fingerprint density at radius 1 is 1.47 bits per heavy atom. The Morgan fingerprint density at radius 3 is 2.79 bits per heavy atom. The second-order valence-electron chi connectivity index (χ2n) is 5.40. The number of hydrogen-bond acceptors (Lipinski definition) is 5. The number of ether oxygens (including phenoxy) is 1. The van der Waals surface area contributed by atoms with Crippen molar-refractivity contribution >= 4 is 22.4 Å². The molecule has 106 valence electrons. The number of anilines is 1. The number of aromatic nitrogens is 1. The molecule has 0 spiro atoms. The Kier molecular flexibility index (Phi) is 4.80. The highest BCUT2D eigenvalue weighted by atomic mass is 32.1. The molecule has 1 aliphatic carbocycles. The van der Waals surface area contributed by atoms with Gasteiger partial charge in [0.2, 0.25) is 0 Å². The summed E-state index contributed by atoms with van der Waals surface area (Å²) in [5.41, 5.74) is 0.808. The smallest absolute Gasteiger partial charge is 0.311 e. The molecule has 1 aliphatic rings. The summed E-state index contributed by atoms with van der Waals surface area (Å²) >= 11 is 1.61. The van der Waals surface area contributed by atoms with Gasteiger partial charge in [-0.05, 0) is 31.6 Å². The summed E-state index contributed by atoms with van der Waals surface area (Å²) in [4.78, 5) is 18.0. The van der Waals surface area contributed by atoms with E-state index in [0.717, 1.165) is 16.7 Å². The Morgan fingerprint density at radius 2 is 2.16 bits per heavy atom. The molecule has 0 radical (unpaired) electrons. The van der Waals surface area contributed by atoms with Crippen molar-refractivity contribution < 1.29 is 9.53 Å². The van der Waals surface area contributed by atoms with Gasteiger partial charge in [0.05, 0.1) is 19.2 Å². The number of hydrogen-bond donors (Lipinski definition) is 0. The zero-order valence-corrected chi connectivity index (χ0v) is 12.7. The number of esters is 1. The van der Waals surface area contributed by atoms with E-state index in [1.807, 2.05) is 5.38 Å². The van der Waals surface area contributed by atoms with Crippen LogP contribution in [-0.4, -0.2) is 31.2 Å². The van der Waals surface area contributed by atoms with Crippen LogP contribution in [0.1, 0.15) is 38.3 Å². The van der Waals surface area contributed by atoms with Crippen LogP contribution in [0, 0.1) is 5.92 Å². The lowest BCUT2D eigenvalue weighted by molar-refractivity contribution is -0.139. The SMILES string of the molecule is COC(=O)Cc1csc(N(C)C2CCC(C)CC2)n1. The van der Waals surface area contributed by atoms with Crippen molar-refractivity contribution in [3.63, 3.8) is 0 Å². The molecular formula is C14H22N2O2S. The van der Waals surface area contributed by atoms with Crippen molar-refractivity contribution in [3.8, 4) is 0 Å². The predicted molar refractivity (Wildman–Crippen MR) is 77.7 cm³/mol. The summed E-state index contributed by atoms with van der Waals surface area (Å²) in [7, 11) is 3.52. The molecular weight excluding hydrogens is 260 g/mol. The summed E-state index contributed by atoms with van der Waals surface area (Å²) in [5, 5.41) is 2.97. The molecule has 0 bridgehead atoms. The van der Waals surface area contributed by atoms with Gasteiger partial charge in [-0.15, -0.1) is 11.3 Å². The highest BCUT2D eigenvalue weighted by Gasteiger charge is 2.23. The molecule has 1 fully saturated rings. The lowest BCUT2D eigenvalue weighted by Crippen LogP contribution is -2.34. The van der Waals surface area contributed by atoms with Crippen molar-refractivity contribution in [2.24, 2.45) is 5.92 Å². The number of carbonyl (C=O) groups is 1. The third kappa shape index (κ3) is 3.69. The average molecular weight is 282 g/mol. The van der Waals surface area contributed by atoms with Crippen LogP contribution >= 0.6 is 11.3 Å². The average Bonchev–Trinajstić information content (AvgIpc) is 2.87. The van der Waals surface area contributed by atoms with Gasteiger partial charge in [-0.25, -0.2) is 4.98 Å². The van der Waals surface area contributed by atoms with Gasteiger partial charge in [-0.3, -0.25) is 4.79 Å². The maximum Gasteiger partial charge on any atom is 0.311 e. The molecule has 1 saturated carbocycles. The molecule has 0 atom stereocenters. The molecule has 4 nitrogen and oxygen atoms in total. The molecule has 19 heavy (non-hydrogen) atoms. The summed E-state index contributed by atoms with van der Waals surface area (Å²) in [5.74, 6) is 0.627. The van der Waals surface area contributed by atoms with Crippen molar-refractivity contribution in [3.05, 3.63) is 11.1 Å². The standard InChI is InChI=1S/C14H22N2O2S/c1-10-4-6-12(7-5-10)16(2)14-15-11(9-19-14)8-13(17)18-3/h9-10,12H,4-8H2,1-3H3. The largest absolute Gasteiger partial charge is 0.469 e. The van der Waals surface area contributed by atoms with Crippen LogP contribution in [0.2, 0.25) is 0 Å². The fourth-order valence-electron chi connectivity index (χ4n) is 2.55. The molecule has 2 rings (SSSR count). The highest BCUT2D eigenvalue weighted by Crippen LogP contribution is 2.30. The minimum atomic E-state index is -0.231. The first-order valence-corrected chi connectivity index (χ1v) is 7.72. The highest BCUT2D eigenvalue weighted by molar-refractivity contribution is 7.13. The number of thiazole rings is 1. The minimum Gasteiger partial charge on any atom is -0.469 e.